The molecule has 2 rings (SSSR count). The topological polar surface area (TPSA) is 42.0 Å². The third-order valence-corrected chi connectivity index (χ3v) is 2.69. The van der Waals surface area contributed by atoms with Crippen LogP contribution in [0.4, 0.5) is 0 Å². The van der Waals surface area contributed by atoms with E-state index in [4.69, 9.17) is 0 Å². The molecule has 1 amide bonds. The number of hydrogen-bond donors (Lipinski definition) is 1. The van der Waals surface area contributed by atoms with Crippen molar-refractivity contribution < 1.29 is 4.79 Å². The summed E-state index contributed by atoms with van der Waals surface area (Å²) in [7, 11) is 0. The molecule has 1 heterocycles. The van der Waals surface area contributed by atoms with Crippen LogP contribution in [0.15, 0.2) is 60.9 Å². The number of carbonyl (C=O) groups is 1. The van der Waals surface area contributed by atoms with Crippen LogP contribution in [0.25, 0.3) is 6.08 Å². The minimum absolute atomic E-state index is 0.0762. The monoisotopic (exact) mass is 252 g/mol. The maximum absolute atomic E-state index is 11.6. The van der Waals surface area contributed by atoms with Gasteiger partial charge in [-0.3, -0.25) is 9.78 Å². The first kappa shape index (κ1) is 13.0. The van der Waals surface area contributed by atoms with Gasteiger partial charge in [0.2, 0.25) is 5.91 Å². The largest absolute Gasteiger partial charge is 0.352 e. The van der Waals surface area contributed by atoms with E-state index < -0.39 is 0 Å². The van der Waals surface area contributed by atoms with E-state index in [0.29, 0.717) is 6.54 Å². The highest BCUT2D eigenvalue weighted by Crippen LogP contribution is 1.99. The third kappa shape index (κ3) is 4.76. The molecule has 3 nitrogen and oxygen atoms in total. The molecule has 3 heteroatoms. The maximum Gasteiger partial charge on any atom is 0.244 e. The molecule has 96 valence electrons. The van der Waals surface area contributed by atoms with Gasteiger partial charge in [0.25, 0.3) is 0 Å². The molecule has 2 aromatic rings. The summed E-state index contributed by atoms with van der Waals surface area (Å²) in [6.45, 7) is 0.642. The maximum atomic E-state index is 11.6. The van der Waals surface area contributed by atoms with Gasteiger partial charge < -0.3 is 5.32 Å². The van der Waals surface area contributed by atoms with Crippen molar-refractivity contribution in [2.45, 2.75) is 6.42 Å². The SMILES string of the molecule is O=C(C=Cc1ccncc1)NCCc1ccccc1. The quantitative estimate of drug-likeness (QED) is 0.830. The van der Waals surface area contributed by atoms with Crippen molar-refractivity contribution >= 4 is 12.0 Å². The first-order valence-electron chi connectivity index (χ1n) is 6.24. The van der Waals surface area contributed by atoms with Crippen molar-refractivity contribution in [1.82, 2.24) is 10.3 Å². The Bertz CT molecular complexity index is 535. The summed E-state index contributed by atoms with van der Waals surface area (Å²) in [5.41, 5.74) is 2.19. The Labute approximate surface area is 113 Å². The van der Waals surface area contributed by atoms with Crippen LogP contribution in [-0.4, -0.2) is 17.4 Å². The Morgan fingerprint density at radius 2 is 1.84 bits per heavy atom. The van der Waals surface area contributed by atoms with Gasteiger partial charge in [0.05, 0.1) is 0 Å². The lowest BCUT2D eigenvalue weighted by Crippen LogP contribution is -2.23. The zero-order valence-electron chi connectivity index (χ0n) is 10.6. The molecule has 0 saturated heterocycles. The summed E-state index contributed by atoms with van der Waals surface area (Å²) < 4.78 is 0. The molecule has 0 radical (unpaired) electrons. The number of carbonyl (C=O) groups excluding carboxylic acids is 1. The van der Waals surface area contributed by atoms with Crippen LogP contribution in [0.1, 0.15) is 11.1 Å². The Morgan fingerprint density at radius 3 is 2.58 bits per heavy atom. The summed E-state index contributed by atoms with van der Waals surface area (Å²) in [5.74, 6) is -0.0762. The van der Waals surface area contributed by atoms with E-state index in [0.717, 1.165) is 12.0 Å². The number of benzene rings is 1. The fourth-order valence-corrected chi connectivity index (χ4v) is 1.68. The van der Waals surface area contributed by atoms with E-state index in [1.165, 1.54) is 5.56 Å². The molecular weight excluding hydrogens is 236 g/mol. The molecule has 0 unspecified atom stereocenters. The first-order chi connectivity index (χ1) is 9.34. The average Bonchev–Trinajstić information content (AvgIpc) is 2.47. The van der Waals surface area contributed by atoms with Crippen molar-refractivity contribution in [3.05, 3.63) is 72.1 Å². The van der Waals surface area contributed by atoms with Crippen molar-refractivity contribution in [1.29, 1.82) is 0 Å². The second-order valence-corrected chi connectivity index (χ2v) is 4.14. The van der Waals surface area contributed by atoms with E-state index >= 15 is 0 Å². The summed E-state index contributed by atoms with van der Waals surface area (Å²) in [6, 6.07) is 13.8. The zero-order valence-corrected chi connectivity index (χ0v) is 10.6. The van der Waals surface area contributed by atoms with Gasteiger partial charge in [0, 0.05) is 25.0 Å². The standard InChI is InChI=1S/C16H16N2O/c19-16(7-6-15-8-11-17-12-9-15)18-13-10-14-4-2-1-3-5-14/h1-9,11-12H,10,13H2,(H,18,19). The fourth-order valence-electron chi connectivity index (χ4n) is 1.68. The van der Waals surface area contributed by atoms with E-state index in [9.17, 15) is 4.79 Å². The van der Waals surface area contributed by atoms with Crippen molar-refractivity contribution in [2.75, 3.05) is 6.54 Å². The molecule has 1 aromatic heterocycles. The minimum atomic E-state index is -0.0762. The van der Waals surface area contributed by atoms with Gasteiger partial charge in [-0.05, 0) is 35.8 Å². The van der Waals surface area contributed by atoms with Crippen LogP contribution >= 0.6 is 0 Å². The minimum Gasteiger partial charge on any atom is -0.352 e. The molecule has 0 aliphatic carbocycles. The number of pyridine rings is 1. The van der Waals surface area contributed by atoms with E-state index in [1.807, 2.05) is 30.3 Å². The Hall–Kier alpha value is -2.42. The van der Waals surface area contributed by atoms with Gasteiger partial charge in [0.1, 0.15) is 0 Å². The molecule has 0 aliphatic heterocycles. The van der Waals surface area contributed by atoms with Crippen LogP contribution in [0.5, 0.6) is 0 Å². The van der Waals surface area contributed by atoms with Gasteiger partial charge in [-0.2, -0.15) is 0 Å². The highest BCUT2D eigenvalue weighted by Gasteiger charge is 1.95. The predicted octanol–water partition coefficient (Wildman–Crippen LogP) is 2.45. The first-order valence-corrected chi connectivity index (χ1v) is 6.24. The van der Waals surface area contributed by atoms with Gasteiger partial charge in [-0.1, -0.05) is 30.3 Å². The van der Waals surface area contributed by atoms with Crippen LogP contribution in [0.3, 0.4) is 0 Å². The molecule has 0 spiro atoms. The average molecular weight is 252 g/mol. The molecule has 0 saturated carbocycles. The molecule has 0 bridgehead atoms. The number of nitrogens with one attached hydrogen (secondary N) is 1. The van der Waals surface area contributed by atoms with Crippen LogP contribution in [0.2, 0.25) is 0 Å². The van der Waals surface area contributed by atoms with Gasteiger partial charge in [-0.25, -0.2) is 0 Å². The number of aromatic nitrogens is 1. The van der Waals surface area contributed by atoms with E-state index in [-0.39, 0.29) is 5.91 Å². The second kappa shape index (κ2) is 7.11. The molecule has 0 fully saturated rings. The van der Waals surface area contributed by atoms with Crippen LogP contribution in [-0.2, 0) is 11.2 Å². The lowest BCUT2D eigenvalue weighted by Gasteiger charge is -2.02. The predicted molar refractivity (Wildman–Crippen MR) is 76.4 cm³/mol. The number of rotatable bonds is 5. The fraction of sp³-hybridized carbons (Fsp3) is 0.125. The highest BCUT2D eigenvalue weighted by atomic mass is 16.1. The lowest BCUT2D eigenvalue weighted by molar-refractivity contribution is -0.116. The summed E-state index contributed by atoms with van der Waals surface area (Å²) in [5, 5.41) is 2.86. The van der Waals surface area contributed by atoms with Gasteiger partial charge in [-0.15, -0.1) is 0 Å². The molecular formula is C16H16N2O. The van der Waals surface area contributed by atoms with E-state index in [1.54, 1.807) is 24.5 Å². The number of hydrogen-bond acceptors (Lipinski definition) is 2. The summed E-state index contributed by atoms with van der Waals surface area (Å²) in [4.78, 5) is 15.5. The Kier molecular flexibility index (Phi) is 4.87. The van der Waals surface area contributed by atoms with Gasteiger partial charge in [0.15, 0.2) is 0 Å². The van der Waals surface area contributed by atoms with Crippen molar-refractivity contribution in [3.8, 4) is 0 Å². The van der Waals surface area contributed by atoms with Crippen LogP contribution in [0, 0.1) is 0 Å². The number of amides is 1. The lowest BCUT2D eigenvalue weighted by atomic mass is 10.1. The van der Waals surface area contributed by atoms with Crippen molar-refractivity contribution in [2.24, 2.45) is 0 Å². The zero-order chi connectivity index (χ0) is 13.3. The normalized spacial score (nSPS) is 10.5. The molecule has 19 heavy (non-hydrogen) atoms. The third-order valence-electron chi connectivity index (χ3n) is 2.69. The molecule has 1 N–H and O–H groups in total. The Morgan fingerprint density at radius 1 is 1.11 bits per heavy atom. The summed E-state index contributed by atoms with van der Waals surface area (Å²) >= 11 is 0. The smallest absolute Gasteiger partial charge is 0.244 e. The summed E-state index contributed by atoms with van der Waals surface area (Å²) in [6.07, 6.45) is 7.56. The molecule has 1 aromatic carbocycles. The van der Waals surface area contributed by atoms with Crippen molar-refractivity contribution in [3.63, 3.8) is 0 Å². The van der Waals surface area contributed by atoms with Crippen LogP contribution < -0.4 is 5.32 Å². The van der Waals surface area contributed by atoms with Gasteiger partial charge >= 0.3 is 0 Å². The van der Waals surface area contributed by atoms with E-state index in [2.05, 4.69) is 22.4 Å². The Balaban J connectivity index is 1.75. The number of nitrogens with zero attached hydrogens (tertiary/aromatic N) is 1. The molecule has 0 atom stereocenters. The second-order valence-electron chi connectivity index (χ2n) is 4.14. The highest BCUT2D eigenvalue weighted by molar-refractivity contribution is 5.91. The molecule has 0 aliphatic rings.